The minimum atomic E-state index is -0.912. The molecule has 1 atom stereocenters. The van der Waals surface area contributed by atoms with Crippen molar-refractivity contribution in [1.29, 1.82) is 0 Å². The van der Waals surface area contributed by atoms with Crippen LogP contribution in [0.25, 0.3) is 0 Å². The Morgan fingerprint density at radius 3 is 2.94 bits per heavy atom. The maximum absolute atomic E-state index is 11.4. The fourth-order valence-electron chi connectivity index (χ4n) is 2.06. The zero-order valence-electron chi connectivity index (χ0n) is 9.76. The Bertz CT molecular complexity index is 518. The molecule has 8 heteroatoms. The van der Waals surface area contributed by atoms with Crippen molar-refractivity contribution in [2.75, 3.05) is 24.5 Å². The molecule has 18 heavy (non-hydrogen) atoms. The molecule has 0 bridgehead atoms. The van der Waals surface area contributed by atoms with E-state index in [9.17, 15) is 9.59 Å². The average Bonchev–Trinajstić information content (AvgIpc) is 2.32. The predicted molar refractivity (Wildman–Crippen MR) is 69.0 cm³/mol. The van der Waals surface area contributed by atoms with Gasteiger partial charge in [-0.1, -0.05) is 0 Å². The Morgan fingerprint density at radius 2 is 2.33 bits per heavy atom. The normalized spacial score (nSPS) is 20.0. The summed E-state index contributed by atoms with van der Waals surface area (Å²) in [5.74, 6) is 0. The minimum Gasteiger partial charge on any atom is -0.465 e. The topological polar surface area (TPSA) is 89.5 Å². The van der Waals surface area contributed by atoms with E-state index in [4.69, 9.17) is 5.11 Å². The van der Waals surface area contributed by atoms with E-state index in [1.165, 1.54) is 4.90 Å². The summed E-state index contributed by atoms with van der Waals surface area (Å²) in [6, 6.07) is -0.123. The molecule has 1 fully saturated rings. The quantitative estimate of drug-likeness (QED) is 0.797. The summed E-state index contributed by atoms with van der Waals surface area (Å²) < 4.78 is 0.425. The summed E-state index contributed by atoms with van der Waals surface area (Å²) in [7, 11) is 0. The molecule has 0 aliphatic carbocycles. The van der Waals surface area contributed by atoms with Gasteiger partial charge in [0.2, 0.25) is 0 Å². The number of hydrogen-bond acceptors (Lipinski definition) is 4. The number of halogens is 1. The lowest BCUT2D eigenvalue weighted by Gasteiger charge is -2.39. The van der Waals surface area contributed by atoms with Crippen LogP contribution in [0.15, 0.2) is 15.5 Å². The van der Waals surface area contributed by atoms with Crippen molar-refractivity contribution in [3.8, 4) is 0 Å². The fourth-order valence-corrected chi connectivity index (χ4v) is 2.50. The lowest BCUT2D eigenvalue weighted by Crippen LogP contribution is -2.54. The second-order valence-electron chi connectivity index (χ2n) is 4.17. The molecule has 1 aromatic heterocycles. The number of H-pyrrole nitrogens is 1. The summed E-state index contributed by atoms with van der Waals surface area (Å²) in [5.41, 5.74) is 0.399. The smallest absolute Gasteiger partial charge is 0.407 e. The molecule has 0 unspecified atom stereocenters. The molecule has 2 rings (SSSR count). The van der Waals surface area contributed by atoms with Crippen LogP contribution in [-0.2, 0) is 0 Å². The molecule has 0 aromatic carbocycles. The first-order valence-corrected chi connectivity index (χ1v) is 6.27. The lowest BCUT2D eigenvalue weighted by atomic mass is 10.2. The number of aromatic amines is 1. The van der Waals surface area contributed by atoms with Gasteiger partial charge in [-0.25, -0.2) is 9.89 Å². The molecular formula is C10H13BrN4O3. The highest BCUT2D eigenvalue weighted by Gasteiger charge is 2.28. The summed E-state index contributed by atoms with van der Waals surface area (Å²) in [6.07, 6.45) is 0.652. The van der Waals surface area contributed by atoms with Gasteiger partial charge < -0.3 is 14.9 Å². The minimum absolute atomic E-state index is 0.123. The Kier molecular flexibility index (Phi) is 3.55. The van der Waals surface area contributed by atoms with Crippen molar-refractivity contribution in [2.45, 2.75) is 13.0 Å². The molecule has 2 heterocycles. The number of hydrogen-bond donors (Lipinski definition) is 2. The van der Waals surface area contributed by atoms with E-state index >= 15 is 0 Å². The first-order chi connectivity index (χ1) is 8.50. The van der Waals surface area contributed by atoms with Crippen molar-refractivity contribution < 1.29 is 9.90 Å². The van der Waals surface area contributed by atoms with Crippen LogP contribution in [0, 0.1) is 0 Å². The van der Waals surface area contributed by atoms with E-state index < -0.39 is 6.09 Å². The zero-order valence-corrected chi connectivity index (χ0v) is 11.3. The Hall–Kier alpha value is -1.57. The molecule has 0 spiro atoms. The third kappa shape index (κ3) is 2.33. The number of amides is 1. The molecule has 1 aliphatic heterocycles. The molecule has 1 amide bonds. The summed E-state index contributed by atoms with van der Waals surface area (Å²) in [4.78, 5) is 25.7. The molecule has 1 saturated heterocycles. The standard InChI is InChI=1S/C10H13BrN4O3/c1-6-5-14(2-3-15(6)10(17)18)7-4-12-13-9(16)8(7)11/h4,6H,2-3,5H2,1H3,(H,13,16)(H,17,18)/t6-/m0/s1. The van der Waals surface area contributed by atoms with Crippen molar-refractivity contribution >= 4 is 27.7 Å². The predicted octanol–water partition coefficient (Wildman–Crippen LogP) is 0.721. The highest BCUT2D eigenvalue weighted by atomic mass is 79.9. The summed E-state index contributed by atoms with van der Waals surface area (Å²) in [6.45, 7) is 3.33. The number of piperazine rings is 1. The molecule has 2 N–H and O–H groups in total. The van der Waals surface area contributed by atoms with Gasteiger partial charge >= 0.3 is 6.09 Å². The number of carboxylic acid groups (broad SMARTS) is 1. The van der Waals surface area contributed by atoms with Gasteiger partial charge in [-0.15, -0.1) is 0 Å². The van der Waals surface area contributed by atoms with Gasteiger partial charge in [0, 0.05) is 25.7 Å². The van der Waals surface area contributed by atoms with Crippen molar-refractivity contribution in [1.82, 2.24) is 15.1 Å². The highest BCUT2D eigenvalue weighted by molar-refractivity contribution is 9.10. The number of nitrogens with one attached hydrogen (secondary N) is 1. The average molecular weight is 317 g/mol. The number of rotatable bonds is 1. The second-order valence-corrected chi connectivity index (χ2v) is 4.96. The first-order valence-electron chi connectivity index (χ1n) is 5.48. The second kappa shape index (κ2) is 4.97. The van der Waals surface area contributed by atoms with Crippen LogP contribution in [-0.4, -0.2) is 52.0 Å². The van der Waals surface area contributed by atoms with E-state index in [-0.39, 0.29) is 11.6 Å². The van der Waals surface area contributed by atoms with Crippen molar-refractivity contribution in [3.05, 3.63) is 21.0 Å². The monoisotopic (exact) mass is 316 g/mol. The van der Waals surface area contributed by atoms with Gasteiger partial charge in [0.05, 0.1) is 11.9 Å². The summed E-state index contributed by atoms with van der Waals surface area (Å²) in [5, 5.41) is 15.1. The Morgan fingerprint density at radius 1 is 1.61 bits per heavy atom. The van der Waals surface area contributed by atoms with Crippen molar-refractivity contribution in [2.24, 2.45) is 0 Å². The maximum atomic E-state index is 11.4. The lowest BCUT2D eigenvalue weighted by molar-refractivity contribution is 0.122. The molecule has 7 nitrogen and oxygen atoms in total. The van der Waals surface area contributed by atoms with Gasteiger partial charge in [0.25, 0.3) is 5.56 Å². The fraction of sp³-hybridized carbons (Fsp3) is 0.500. The maximum Gasteiger partial charge on any atom is 0.407 e. The van der Waals surface area contributed by atoms with Gasteiger partial charge in [-0.3, -0.25) is 4.79 Å². The van der Waals surface area contributed by atoms with E-state index in [0.717, 1.165) is 0 Å². The first kappa shape index (κ1) is 12.9. The van der Waals surface area contributed by atoms with Gasteiger partial charge in [0.15, 0.2) is 0 Å². The molecule has 98 valence electrons. The third-order valence-corrected chi connectivity index (χ3v) is 3.76. The Balaban J connectivity index is 2.20. The van der Waals surface area contributed by atoms with Crippen LogP contribution >= 0.6 is 15.9 Å². The molecule has 0 saturated carbocycles. The van der Waals surface area contributed by atoms with Crippen LogP contribution in [0.3, 0.4) is 0 Å². The van der Waals surface area contributed by atoms with E-state index in [1.54, 1.807) is 6.20 Å². The Labute approximate surface area is 112 Å². The van der Waals surface area contributed by atoms with Crippen LogP contribution in [0.2, 0.25) is 0 Å². The van der Waals surface area contributed by atoms with Crippen molar-refractivity contribution in [3.63, 3.8) is 0 Å². The largest absolute Gasteiger partial charge is 0.465 e. The van der Waals surface area contributed by atoms with Gasteiger partial charge in [-0.05, 0) is 22.9 Å². The van der Waals surface area contributed by atoms with E-state index in [2.05, 4.69) is 26.1 Å². The third-order valence-electron chi connectivity index (χ3n) is 2.99. The van der Waals surface area contributed by atoms with Crippen LogP contribution < -0.4 is 10.5 Å². The molecule has 1 aliphatic rings. The zero-order chi connectivity index (χ0) is 13.3. The number of carbonyl (C=O) groups is 1. The summed E-state index contributed by atoms with van der Waals surface area (Å²) >= 11 is 3.22. The number of aromatic nitrogens is 2. The number of anilines is 1. The van der Waals surface area contributed by atoms with E-state index in [0.29, 0.717) is 29.8 Å². The van der Waals surface area contributed by atoms with E-state index in [1.807, 2.05) is 11.8 Å². The highest BCUT2D eigenvalue weighted by Crippen LogP contribution is 2.23. The van der Waals surface area contributed by atoms with Gasteiger partial charge in [0.1, 0.15) is 4.47 Å². The molecule has 1 aromatic rings. The molecule has 0 radical (unpaired) electrons. The van der Waals surface area contributed by atoms with Gasteiger partial charge in [-0.2, -0.15) is 5.10 Å². The number of nitrogens with zero attached hydrogens (tertiary/aromatic N) is 3. The van der Waals surface area contributed by atoms with Crippen LogP contribution in [0.4, 0.5) is 10.5 Å². The SMILES string of the molecule is C[C@H]1CN(c2cn[nH]c(=O)c2Br)CCN1C(=O)O. The van der Waals surface area contributed by atoms with Crippen LogP contribution in [0.5, 0.6) is 0 Å². The molecular weight excluding hydrogens is 304 g/mol. The van der Waals surface area contributed by atoms with Crippen LogP contribution in [0.1, 0.15) is 6.92 Å².